The Balaban J connectivity index is 1.86. The van der Waals surface area contributed by atoms with E-state index in [0.717, 1.165) is 19.4 Å². The fraction of sp³-hybridized carbons (Fsp3) is 0.875. The summed E-state index contributed by atoms with van der Waals surface area (Å²) in [5.41, 5.74) is -0.599. The van der Waals surface area contributed by atoms with Crippen LogP contribution in [0.25, 0.3) is 0 Å². The lowest BCUT2D eigenvalue weighted by molar-refractivity contribution is -0.160. The monoisotopic (exact) mass is 278 g/mol. The molecule has 0 aromatic heterocycles. The molecule has 0 aromatic rings. The number of amides is 2. The molecular formula is C16H26N2O2. The van der Waals surface area contributed by atoms with Crippen molar-refractivity contribution in [2.24, 2.45) is 11.8 Å². The molecule has 1 heterocycles. The second-order valence-electron chi connectivity index (χ2n) is 6.77. The molecule has 0 radical (unpaired) electrons. The molecule has 2 aliphatic carbocycles. The molecule has 0 aromatic carbocycles. The summed E-state index contributed by atoms with van der Waals surface area (Å²) in [4.78, 5) is 27.5. The van der Waals surface area contributed by atoms with Crippen molar-refractivity contribution in [3.05, 3.63) is 0 Å². The van der Waals surface area contributed by atoms with Crippen LogP contribution in [0, 0.1) is 11.8 Å². The van der Waals surface area contributed by atoms with Crippen LogP contribution in [0.15, 0.2) is 0 Å². The lowest BCUT2D eigenvalue weighted by Crippen LogP contribution is -2.71. The quantitative estimate of drug-likeness (QED) is 0.837. The van der Waals surface area contributed by atoms with E-state index in [-0.39, 0.29) is 17.9 Å². The maximum atomic E-state index is 12.9. The van der Waals surface area contributed by atoms with Gasteiger partial charge in [0.1, 0.15) is 11.6 Å². The average Bonchev–Trinajstić information content (AvgIpc) is 3.21. The highest BCUT2D eigenvalue weighted by atomic mass is 16.2. The standard InChI is InChI=1S/C16H26N2O2/c1-3-16(4-2)15(20)17-13(12-8-9-12)14(19)18(16)10-11-6-5-7-11/h11-13H,3-10H2,1-2H3,(H,17,20). The van der Waals surface area contributed by atoms with Gasteiger partial charge in [-0.15, -0.1) is 0 Å². The third-order valence-electron chi connectivity index (χ3n) is 5.69. The summed E-state index contributed by atoms with van der Waals surface area (Å²) < 4.78 is 0. The summed E-state index contributed by atoms with van der Waals surface area (Å²) in [6.07, 6.45) is 7.29. The molecule has 2 amide bonds. The first kappa shape index (κ1) is 13.9. The lowest BCUT2D eigenvalue weighted by atomic mass is 9.80. The Hall–Kier alpha value is -1.06. The highest BCUT2D eigenvalue weighted by molar-refractivity contribution is 6.00. The van der Waals surface area contributed by atoms with Gasteiger partial charge in [-0.3, -0.25) is 9.59 Å². The molecule has 1 saturated heterocycles. The van der Waals surface area contributed by atoms with Crippen LogP contribution in [0.3, 0.4) is 0 Å². The van der Waals surface area contributed by atoms with Crippen molar-refractivity contribution < 1.29 is 9.59 Å². The van der Waals surface area contributed by atoms with Crippen molar-refractivity contribution in [1.82, 2.24) is 10.2 Å². The van der Waals surface area contributed by atoms with Gasteiger partial charge in [-0.25, -0.2) is 0 Å². The molecule has 4 heteroatoms. The number of nitrogens with one attached hydrogen (secondary N) is 1. The molecule has 20 heavy (non-hydrogen) atoms. The molecule has 4 nitrogen and oxygen atoms in total. The van der Waals surface area contributed by atoms with Crippen LogP contribution < -0.4 is 5.32 Å². The van der Waals surface area contributed by atoms with E-state index in [9.17, 15) is 9.59 Å². The minimum absolute atomic E-state index is 0.0818. The number of carbonyl (C=O) groups excluding carboxylic acids is 2. The number of rotatable bonds is 5. The van der Waals surface area contributed by atoms with Crippen LogP contribution in [0.1, 0.15) is 58.8 Å². The number of carbonyl (C=O) groups is 2. The molecule has 1 unspecified atom stereocenters. The second kappa shape index (κ2) is 5.05. The molecule has 1 atom stereocenters. The van der Waals surface area contributed by atoms with Gasteiger partial charge in [0, 0.05) is 6.54 Å². The zero-order chi connectivity index (χ0) is 14.3. The minimum Gasteiger partial charge on any atom is -0.342 e. The Morgan fingerprint density at radius 3 is 2.25 bits per heavy atom. The Kier molecular flexibility index (Phi) is 3.51. The largest absolute Gasteiger partial charge is 0.342 e. The molecule has 3 rings (SSSR count). The van der Waals surface area contributed by atoms with Gasteiger partial charge in [-0.1, -0.05) is 20.3 Å². The molecular weight excluding hydrogens is 252 g/mol. The van der Waals surface area contributed by atoms with Crippen molar-refractivity contribution in [3.8, 4) is 0 Å². The Bertz CT molecular complexity index is 409. The van der Waals surface area contributed by atoms with E-state index in [0.29, 0.717) is 24.7 Å². The van der Waals surface area contributed by atoms with E-state index in [1.165, 1.54) is 19.3 Å². The van der Waals surface area contributed by atoms with Gasteiger partial charge in [0.2, 0.25) is 11.8 Å². The maximum Gasteiger partial charge on any atom is 0.246 e. The molecule has 2 saturated carbocycles. The highest BCUT2D eigenvalue weighted by Crippen LogP contribution is 2.40. The summed E-state index contributed by atoms with van der Waals surface area (Å²) in [6, 6.07) is -0.242. The first-order valence-electron chi connectivity index (χ1n) is 8.24. The first-order chi connectivity index (χ1) is 9.62. The van der Waals surface area contributed by atoms with Crippen LogP contribution in [-0.2, 0) is 9.59 Å². The topological polar surface area (TPSA) is 49.4 Å². The maximum absolute atomic E-state index is 12.9. The number of hydrogen-bond donors (Lipinski definition) is 1. The predicted octanol–water partition coefficient (Wildman–Crippen LogP) is 2.08. The van der Waals surface area contributed by atoms with Crippen LogP contribution in [0.2, 0.25) is 0 Å². The van der Waals surface area contributed by atoms with E-state index in [1.807, 2.05) is 18.7 Å². The molecule has 112 valence electrons. The number of piperazine rings is 1. The van der Waals surface area contributed by atoms with Gasteiger partial charge in [-0.05, 0) is 50.4 Å². The van der Waals surface area contributed by atoms with Crippen LogP contribution in [0.5, 0.6) is 0 Å². The third-order valence-corrected chi connectivity index (χ3v) is 5.69. The van der Waals surface area contributed by atoms with Gasteiger partial charge < -0.3 is 10.2 Å². The van der Waals surface area contributed by atoms with E-state index in [2.05, 4.69) is 5.32 Å². The highest BCUT2D eigenvalue weighted by Gasteiger charge is 2.53. The normalized spacial score (nSPS) is 30.1. The van der Waals surface area contributed by atoms with Crippen molar-refractivity contribution in [1.29, 1.82) is 0 Å². The van der Waals surface area contributed by atoms with E-state index in [4.69, 9.17) is 0 Å². The summed E-state index contributed by atoms with van der Waals surface area (Å²) >= 11 is 0. The molecule has 0 spiro atoms. The second-order valence-corrected chi connectivity index (χ2v) is 6.77. The average molecular weight is 278 g/mol. The van der Waals surface area contributed by atoms with E-state index >= 15 is 0 Å². The van der Waals surface area contributed by atoms with Gasteiger partial charge >= 0.3 is 0 Å². The summed E-state index contributed by atoms with van der Waals surface area (Å²) in [5.74, 6) is 1.27. The predicted molar refractivity (Wildman–Crippen MR) is 77.0 cm³/mol. The Morgan fingerprint density at radius 2 is 1.80 bits per heavy atom. The van der Waals surface area contributed by atoms with Crippen LogP contribution in [-0.4, -0.2) is 34.8 Å². The van der Waals surface area contributed by atoms with Crippen molar-refractivity contribution in [2.45, 2.75) is 70.4 Å². The smallest absolute Gasteiger partial charge is 0.246 e. The van der Waals surface area contributed by atoms with Crippen LogP contribution in [0.4, 0.5) is 0 Å². The SMILES string of the molecule is CCC1(CC)C(=O)NC(C2CC2)C(=O)N1CC1CCC1. The van der Waals surface area contributed by atoms with Gasteiger partial charge in [0.05, 0.1) is 0 Å². The molecule has 3 aliphatic rings. The zero-order valence-corrected chi connectivity index (χ0v) is 12.7. The van der Waals surface area contributed by atoms with Crippen LogP contribution >= 0.6 is 0 Å². The molecule has 3 fully saturated rings. The summed E-state index contributed by atoms with van der Waals surface area (Å²) in [5, 5.41) is 3.03. The third kappa shape index (κ3) is 2.04. The molecule has 0 bridgehead atoms. The van der Waals surface area contributed by atoms with E-state index < -0.39 is 5.54 Å². The minimum atomic E-state index is -0.599. The number of nitrogens with zero attached hydrogens (tertiary/aromatic N) is 1. The Morgan fingerprint density at radius 1 is 1.15 bits per heavy atom. The first-order valence-corrected chi connectivity index (χ1v) is 8.24. The zero-order valence-electron chi connectivity index (χ0n) is 12.7. The lowest BCUT2D eigenvalue weighted by Gasteiger charge is -2.49. The molecule has 1 aliphatic heterocycles. The van der Waals surface area contributed by atoms with Crippen molar-refractivity contribution in [3.63, 3.8) is 0 Å². The number of hydrogen-bond acceptors (Lipinski definition) is 2. The van der Waals surface area contributed by atoms with Crippen molar-refractivity contribution in [2.75, 3.05) is 6.54 Å². The fourth-order valence-corrected chi connectivity index (χ4v) is 3.74. The molecule has 1 N–H and O–H groups in total. The van der Waals surface area contributed by atoms with Crippen molar-refractivity contribution >= 4 is 11.8 Å². The summed E-state index contributed by atoms with van der Waals surface area (Å²) in [7, 11) is 0. The van der Waals surface area contributed by atoms with Gasteiger partial charge in [0.25, 0.3) is 0 Å². The fourth-order valence-electron chi connectivity index (χ4n) is 3.74. The summed E-state index contributed by atoms with van der Waals surface area (Å²) in [6.45, 7) is 4.85. The van der Waals surface area contributed by atoms with Gasteiger partial charge in [0.15, 0.2) is 0 Å². The van der Waals surface area contributed by atoms with E-state index in [1.54, 1.807) is 0 Å². The Labute approximate surface area is 121 Å². The van der Waals surface area contributed by atoms with Gasteiger partial charge in [-0.2, -0.15) is 0 Å².